The number of hydrogen-bond donors (Lipinski definition) is 2. The predicted octanol–water partition coefficient (Wildman–Crippen LogP) is 5.80. The third-order valence-corrected chi connectivity index (χ3v) is 11.5. The molecule has 48 heavy (non-hydrogen) atoms. The molecule has 0 saturated carbocycles. The number of nitrogens with zero attached hydrogens (tertiary/aromatic N) is 6. The molecule has 0 spiro atoms. The van der Waals surface area contributed by atoms with E-state index in [1.165, 1.54) is 27.8 Å². The van der Waals surface area contributed by atoms with Crippen LogP contribution >= 0.6 is 51.2 Å². The Morgan fingerprint density at radius 1 is 0.750 bits per heavy atom. The summed E-state index contributed by atoms with van der Waals surface area (Å²) in [5.41, 5.74) is 0.798. The van der Waals surface area contributed by atoms with E-state index in [0.29, 0.717) is 50.8 Å². The number of rotatable bonds is 8. The normalized spacial score (nSPS) is 15.9. The molecule has 0 aliphatic carbocycles. The summed E-state index contributed by atoms with van der Waals surface area (Å²) in [4.78, 5) is 35.8. The second kappa shape index (κ2) is 14.7. The lowest BCUT2D eigenvalue weighted by Crippen LogP contribution is -2.56. The van der Waals surface area contributed by atoms with Gasteiger partial charge in [0, 0.05) is 74.0 Å². The Hall–Kier alpha value is -3.85. The van der Waals surface area contributed by atoms with E-state index >= 15 is 0 Å². The lowest BCUT2D eigenvalue weighted by molar-refractivity contribution is -0.134. The van der Waals surface area contributed by atoms with E-state index in [2.05, 4.69) is 60.6 Å². The Labute approximate surface area is 301 Å². The van der Waals surface area contributed by atoms with Crippen LogP contribution in [0.3, 0.4) is 0 Å². The maximum atomic E-state index is 14.0. The van der Waals surface area contributed by atoms with Gasteiger partial charge >= 0.3 is 0 Å². The molecule has 10 nitrogen and oxygen atoms in total. The summed E-state index contributed by atoms with van der Waals surface area (Å²) in [5.74, 6) is 1.96. The molecule has 4 heterocycles. The summed E-state index contributed by atoms with van der Waals surface area (Å²) >= 11 is 12.2. The van der Waals surface area contributed by atoms with Gasteiger partial charge in [-0.25, -0.2) is 0 Å². The summed E-state index contributed by atoms with van der Waals surface area (Å²) in [7, 11) is 0. The minimum atomic E-state index is -0.647. The van der Waals surface area contributed by atoms with Crippen molar-refractivity contribution in [1.29, 1.82) is 0 Å². The van der Waals surface area contributed by atoms with Gasteiger partial charge in [-0.15, -0.1) is 0 Å². The maximum absolute atomic E-state index is 14.0. The van der Waals surface area contributed by atoms with Crippen LogP contribution in [0.4, 0.5) is 17.3 Å². The molecule has 2 amide bonds. The summed E-state index contributed by atoms with van der Waals surface area (Å²) < 4.78 is 12.6. The first-order chi connectivity index (χ1) is 23.4. The minimum absolute atomic E-state index is 0.0438. The third kappa shape index (κ3) is 7.12. The molecule has 1 unspecified atom stereocenters. The number of halogens is 1. The van der Waals surface area contributed by atoms with Gasteiger partial charge in [-0.1, -0.05) is 36.4 Å². The number of thiocarbonyl (C=S) groups is 1. The highest BCUT2D eigenvalue weighted by molar-refractivity contribution is 9.10. The van der Waals surface area contributed by atoms with Gasteiger partial charge in [0.05, 0.1) is 15.1 Å². The van der Waals surface area contributed by atoms with E-state index in [0.717, 1.165) is 50.4 Å². The van der Waals surface area contributed by atoms with E-state index in [9.17, 15) is 9.59 Å². The second-order valence-corrected chi connectivity index (χ2v) is 14.7. The molecule has 7 rings (SSSR count). The van der Waals surface area contributed by atoms with Crippen molar-refractivity contribution < 1.29 is 9.59 Å². The molecule has 2 saturated heterocycles. The van der Waals surface area contributed by atoms with Crippen LogP contribution in [-0.4, -0.2) is 93.9 Å². The summed E-state index contributed by atoms with van der Waals surface area (Å²) in [5, 5.41) is 9.09. The fourth-order valence-corrected chi connectivity index (χ4v) is 8.52. The van der Waals surface area contributed by atoms with Gasteiger partial charge in [0.25, 0.3) is 0 Å². The number of benzene rings is 3. The van der Waals surface area contributed by atoms with Crippen LogP contribution in [-0.2, 0) is 9.59 Å². The van der Waals surface area contributed by atoms with Crippen molar-refractivity contribution in [2.45, 2.75) is 18.9 Å². The van der Waals surface area contributed by atoms with Crippen molar-refractivity contribution in [3.8, 4) is 0 Å². The standard InChI is InChI=1S/C34H35BrN8O2S3/c35-25-9-3-4-10-26(25)36-34(46)37-27(33(45)43-21-19-42(20-22-43)32-24-8-2-6-12-29(24)48-39-32)13-14-30(44)40-15-17-41(18-16-40)31-23-7-1-5-11-28(23)47-38-31/h1-12,27H,13-22H2,(H2,36,37,46). The molecule has 2 fully saturated rings. The van der Waals surface area contributed by atoms with Crippen LogP contribution in [0.1, 0.15) is 12.8 Å². The molecule has 3 aromatic carbocycles. The van der Waals surface area contributed by atoms with Crippen molar-refractivity contribution >= 4 is 106 Å². The number of hydrogen-bond acceptors (Lipinski definition) is 9. The van der Waals surface area contributed by atoms with Crippen LogP contribution in [0.5, 0.6) is 0 Å². The average Bonchev–Trinajstić information content (AvgIpc) is 3.76. The molecule has 0 bridgehead atoms. The Balaban J connectivity index is 0.982. The third-order valence-electron chi connectivity index (χ3n) is 8.91. The van der Waals surface area contributed by atoms with Crippen molar-refractivity contribution in [1.82, 2.24) is 23.9 Å². The number of fused-ring (bicyclic) bond motifs is 2. The molecular weight excluding hydrogens is 729 g/mol. The Morgan fingerprint density at radius 2 is 1.27 bits per heavy atom. The SMILES string of the molecule is O=C(CCC(NC(=S)Nc1ccccc1Br)C(=O)N1CCN(c2nsc3ccccc23)CC1)N1CCN(c2nsc3ccccc23)CC1. The van der Waals surface area contributed by atoms with Crippen LogP contribution < -0.4 is 20.4 Å². The van der Waals surface area contributed by atoms with Gasteiger partial charge in [-0.3, -0.25) is 9.59 Å². The van der Waals surface area contributed by atoms with Crippen LogP contribution in [0.15, 0.2) is 77.3 Å². The Bertz CT molecular complexity index is 1930. The topological polar surface area (TPSA) is 96.9 Å². The van der Waals surface area contributed by atoms with Gasteiger partial charge in [-0.05, 0) is 94.0 Å². The smallest absolute Gasteiger partial charge is 0.245 e. The second-order valence-electron chi connectivity index (χ2n) is 11.9. The van der Waals surface area contributed by atoms with Gasteiger partial charge in [0.2, 0.25) is 11.8 Å². The Kier molecular flexibility index (Phi) is 10.0. The summed E-state index contributed by atoms with van der Waals surface area (Å²) in [6, 6.07) is 23.5. The van der Waals surface area contributed by atoms with E-state index in [-0.39, 0.29) is 18.2 Å². The van der Waals surface area contributed by atoms with E-state index in [4.69, 9.17) is 21.0 Å². The first-order valence-corrected chi connectivity index (χ1v) is 18.8. The average molecular weight is 764 g/mol. The van der Waals surface area contributed by atoms with Gasteiger partial charge < -0.3 is 30.2 Å². The fraction of sp³-hybridized carbons (Fsp3) is 0.324. The summed E-state index contributed by atoms with van der Waals surface area (Å²) in [6.45, 7) is 5.17. The molecule has 2 N–H and O–H groups in total. The zero-order chi connectivity index (χ0) is 33.0. The lowest BCUT2D eigenvalue weighted by atomic mass is 10.1. The monoisotopic (exact) mass is 762 g/mol. The number of nitrogens with one attached hydrogen (secondary N) is 2. The molecule has 2 aliphatic rings. The van der Waals surface area contributed by atoms with Gasteiger partial charge in [0.1, 0.15) is 17.7 Å². The number of aromatic nitrogens is 2. The van der Waals surface area contributed by atoms with Gasteiger partial charge in [-0.2, -0.15) is 8.75 Å². The van der Waals surface area contributed by atoms with Crippen molar-refractivity contribution in [3.05, 3.63) is 77.3 Å². The van der Waals surface area contributed by atoms with Crippen LogP contribution in [0.2, 0.25) is 0 Å². The molecule has 2 aliphatic heterocycles. The number of carbonyl (C=O) groups is 2. The first-order valence-electron chi connectivity index (χ1n) is 16.0. The Morgan fingerprint density at radius 3 is 1.85 bits per heavy atom. The molecule has 5 aromatic rings. The van der Waals surface area contributed by atoms with Crippen molar-refractivity contribution in [2.24, 2.45) is 0 Å². The molecule has 2 aromatic heterocycles. The molecule has 1 atom stereocenters. The number of anilines is 3. The first kappa shape index (κ1) is 32.7. The highest BCUT2D eigenvalue weighted by atomic mass is 79.9. The quantitative estimate of drug-likeness (QED) is 0.190. The summed E-state index contributed by atoms with van der Waals surface area (Å²) in [6.07, 6.45) is 0.578. The van der Waals surface area contributed by atoms with Gasteiger partial charge in [0.15, 0.2) is 5.11 Å². The predicted molar refractivity (Wildman–Crippen MR) is 203 cm³/mol. The number of carbonyl (C=O) groups excluding carboxylic acids is 2. The molecule has 0 radical (unpaired) electrons. The van der Waals surface area contributed by atoms with Crippen molar-refractivity contribution in [3.63, 3.8) is 0 Å². The highest BCUT2D eigenvalue weighted by Gasteiger charge is 2.31. The van der Waals surface area contributed by atoms with E-state index in [1.54, 1.807) is 0 Å². The van der Waals surface area contributed by atoms with Crippen molar-refractivity contribution in [2.75, 3.05) is 67.5 Å². The minimum Gasteiger partial charge on any atom is -0.352 e. The highest BCUT2D eigenvalue weighted by Crippen LogP contribution is 2.31. The zero-order valence-electron chi connectivity index (χ0n) is 26.2. The number of amides is 2. The van der Waals surface area contributed by atoms with Crippen LogP contribution in [0.25, 0.3) is 20.2 Å². The lowest BCUT2D eigenvalue weighted by Gasteiger charge is -2.37. The fourth-order valence-electron chi connectivity index (χ4n) is 6.29. The van der Waals surface area contributed by atoms with E-state index < -0.39 is 6.04 Å². The number of piperazine rings is 2. The largest absolute Gasteiger partial charge is 0.352 e. The molecule has 14 heteroatoms. The number of para-hydroxylation sites is 1. The maximum Gasteiger partial charge on any atom is 0.245 e. The van der Waals surface area contributed by atoms with Crippen LogP contribution in [0, 0.1) is 0 Å². The van der Waals surface area contributed by atoms with E-state index in [1.807, 2.05) is 58.3 Å². The molecular formula is C34H35BrN8O2S3. The molecule has 248 valence electrons. The zero-order valence-corrected chi connectivity index (χ0v) is 30.2.